The van der Waals surface area contributed by atoms with Gasteiger partial charge in [-0.3, -0.25) is 0 Å². The van der Waals surface area contributed by atoms with Gasteiger partial charge in [-0.1, -0.05) is 71.2 Å². The average Bonchev–Trinajstić information content (AvgIpc) is 2.44. The quantitative estimate of drug-likeness (QED) is 0.547. The van der Waals surface area contributed by atoms with Crippen molar-refractivity contribution in [3.8, 4) is 0 Å². The predicted octanol–water partition coefficient (Wildman–Crippen LogP) is 6.44. The first-order chi connectivity index (χ1) is 10.0. The number of rotatable bonds is 5. The summed E-state index contributed by atoms with van der Waals surface area (Å²) in [6, 6.07) is 13.6. The van der Waals surface area contributed by atoms with Crippen LogP contribution in [-0.2, 0) is 6.42 Å². The third-order valence-corrected chi connectivity index (χ3v) is 5.07. The van der Waals surface area contributed by atoms with Crippen molar-refractivity contribution in [1.82, 2.24) is 0 Å². The topological polar surface area (TPSA) is 0 Å². The van der Waals surface area contributed by atoms with Crippen LogP contribution in [0.25, 0.3) is 0 Å². The number of unbranched alkanes of at least 4 members (excludes halogenated alkanes) is 1. The average molecular weight is 345 g/mol. The molecule has 0 saturated heterocycles. The molecule has 0 fully saturated rings. The van der Waals surface area contributed by atoms with E-state index < -0.39 is 0 Å². The molecule has 1 atom stereocenters. The maximum Gasteiger partial charge on any atom is 0.0649 e. The fourth-order valence-electron chi connectivity index (χ4n) is 2.99. The maximum absolute atomic E-state index is 3.90. The molecule has 0 nitrogen and oxygen atoms in total. The van der Waals surface area contributed by atoms with Crippen LogP contribution in [0.4, 0.5) is 0 Å². The Morgan fingerprint density at radius 3 is 2.05 bits per heavy atom. The summed E-state index contributed by atoms with van der Waals surface area (Å²) in [7, 11) is 0. The highest BCUT2D eigenvalue weighted by molar-refractivity contribution is 9.09. The Kier molecular flexibility index (Phi) is 5.64. The number of hydrogen-bond donors (Lipinski definition) is 0. The van der Waals surface area contributed by atoms with Crippen LogP contribution in [0.3, 0.4) is 0 Å². The van der Waals surface area contributed by atoms with Gasteiger partial charge in [-0.05, 0) is 61.4 Å². The second kappa shape index (κ2) is 7.26. The zero-order valence-electron chi connectivity index (χ0n) is 13.5. The van der Waals surface area contributed by atoms with Crippen molar-refractivity contribution in [3.05, 3.63) is 69.8 Å². The highest BCUT2D eigenvalue weighted by Gasteiger charge is 2.15. The molecule has 0 aliphatic heterocycles. The summed E-state index contributed by atoms with van der Waals surface area (Å²) in [6.45, 7) is 8.82. The molecule has 0 aliphatic rings. The van der Waals surface area contributed by atoms with Gasteiger partial charge in [0, 0.05) is 0 Å². The first-order valence-electron chi connectivity index (χ1n) is 7.83. The Hall–Kier alpha value is -1.08. The third-order valence-electron chi connectivity index (χ3n) is 4.08. The highest BCUT2D eigenvalue weighted by atomic mass is 79.9. The molecule has 0 spiro atoms. The standard InChI is InChI=1S/C20H25Br/c1-5-6-7-17-8-10-18(11-9-17)20(21)19-15(3)12-14(2)13-16(19)4/h8-13,20H,5-7H2,1-4H3. The van der Waals surface area contributed by atoms with E-state index >= 15 is 0 Å². The Bertz CT molecular complexity index is 573. The molecule has 0 saturated carbocycles. The van der Waals surface area contributed by atoms with Gasteiger partial charge in [-0.25, -0.2) is 0 Å². The highest BCUT2D eigenvalue weighted by Crippen LogP contribution is 2.35. The van der Waals surface area contributed by atoms with Crippen LogP contribution < -0.4 is 0 Å². The predicted molar refractivity (Wildman–Crippen MR) is 96.5 cm³/mol. The summed E-state index contributed by atoms with van der Waals surface area (Å²) in [5.41, 5.74) is 8.25. The van der Waals surface area contributed by atoms with Crippen molar-refractivity contribution in [2.75, 3.05) is 0 Å². The van der Waals surface area contributed by atoms with Gasteiger partial charge in [-0.15, -0.1) is 0 Å². The number of halogens is 1. The fourth-order valence-corrected chi connectivity index (χ4v) is 4.02. The molecule has 0 aliphatic carbocycles. The molecule has 0 aromatic heterocycles. The summed E-state index contributed by atoms with van der Waals surface area (Å²) >= 11 is 3.90. The van der Waals surface area contributed by atoms with Crippen LogP contribution in [0.5, 0.6) is 0 Å². The van der Waals surface area contributed by atoms with E-state index in [1.807, 2.05) is 0 Å². The minimum Gasteiger partial charge on any atom is -0.0786 e. The Morgan fingerprint density at radius 2 is 1.52 bits per heavy atom. The molecule has 0 radical (unpaired) electrons. The van der Waals surface area contributed by atoms with Crippen molar-refractivity contribution < 1.29 is 0 Å². The molecule has 2 aromatic carbocycles. The number of hydrogen-bond acceptors (Lipinski definition) is 0. The van der Waals surface area contributed by atoms with Crippen molar-refractivity contribution >= 4 is 15.9 Å². The van der Waals surface area contributed by atoms with Gasteiger partial charge in [0.15, 0.2) is 0 Å². The number of alkyl halides is 1. The molecule has 112 valence electrons. The molecule has 2 aromatic rings. The molecule has 2 rings (SSSR count). The van der Waals surface area contributed by atoms with E-state index in [4.69, 9.17) is 0 Å². The Balaban J connectivity index is 2.26. The summed E-state index contributed by atoms with van der Waals surface area (Å²) < 4.78 is 0. The van der Waals surface area contributed by atoms with Gasteiger partial charge in [0.1, 0.15) is 0 Å². The first-order valence-corrected chi connectivity index (χ1v) is 8.75. The number of benzene rings is 2. The number of aryl methyl sites for hydroxylation is 4. The van der Waals surface area contributed by atoms with Gasteiger partial charge < -0.3 is 0 Å². The summed E-state index contributed by atoms with van der Waals surface area (Å²) in [5, 5.41) is 0. The van der Waals surface area contributed by atoms with E-state index in [0.29, 0.717) is 0 Å². The van der Waals surface area contributed by atoms with Gasteiger partial charge in [0.2, 0.25) is 0 Å². The lowest BCUT2D eigenvalue weighted by Crippen LogP contribution is -2.00. The molecule has 0 heterocycles. The van der Waals surface area contributed by atoms with Crippen molar-refractivity contribution in [3.63, 3.8) is 0 Å². The minimum atomic E-state index is 0.276. The molecular weight excluding hydrogens is 320 g/mol. The summed E-state index contributed by atoms with van der Waals surface area (Å²) in [6.07, 6.45) is 3.71. The smallest absolute Gasteiger partial charge is 0.0649 e. The van der Waals surface area contributed by atoms with Crippen LogP contribution in [0.1, 0.15) is 58.0 Å². The lowest BCUT2D eigenvalue weighted by Gasteiger charge is -2.18. The second-order valence-electron chi connectivity index (χ2n) is 6.02. The van der Waals surface area contributed by atoms with E-state index in [2.05, 4.69) is 80.0 Å². The lowest BCUT2D eigenvalue weighted by atomic mass is 9.93. The third kappa shape index (κ3) is 3.97. The van der Waals surface area contributed by atoms with Gasteiger partial charge in [0.25, 0.3) is 0 Å². The van der Waals surface area contributed by atoms with E-state index in [1.165, 1.54) is 52.6 Å². The maximum atomic E-state index is 3.90. The Morgan fingerprint density at radius 1 is 0.952 bits per heavy atom. The van der Waals surface area contributed by atoms with Crippen molar-refractivity contribution in [2.45, 2.75) is 51.8 Å². The zero-order chi connectivity index (χ0) is 15.4. The molecular formula is C20H25Br. The van der Waals surface area contributed by atoms with Crippen molar-refractivity contribution in [2.24, 2.45) is 0 Å². The van der Waals surface area contributed by atoms with Crippen LogP contribution >= 0.6 is 15.9 Å². The van der Waals surface area contributed by atoms with Gasteiger partial charge in [-0.2, -0.15) is 0 Å². The lowest BCUT2D eigenvalue weighted by molar-refractivity contribution is 0.794. The fraction of sp³-hybridized carbons (Fsp3) is 0.400. The van der Waals surface area contributed by atoms with E-state index in [-0.39, 0.29) is 4.83 Å². The van der Waals surface area contributed by atoms with E-state index in [0.717, 1.165) is 0 Å². The van der Waals surface area contributed by atoms with Crippen LogP contribution in [-0.4, -0.2) is 0 Å². The normalized spacial score (nSPS) is 12.4. The zero-order valence-corrected chi connectivity index (χ0v) is 15.1. The second-order valence-corrected chi connectivity index (χ2v) is 6.94. The summed E-state index contributed by atoms with van der Waals surface area (Å²) in [5.74, 6) is 0. The van der Waals surface area contributed by atoms with Crippen molar-refractivity contribution in [1.29, 1.82) is 0 Å². The van der Waals surface area contributed by atoms with Crippen LogP contribution in [0, 0.1) is 20.8 Å². The molecule has 0 N–H and O–H groups in total. The van der Waals surface area contributed by atoms with Gasteiger partial charge in [0.05, 0.1) is 4.83 Å². The largest absolute Gasteiger partial charge is 0.0786 e. The molecule has 0 bridgehead atoms. The van der Waals surface area contributed by atoms with Gasteiger partial charge >= 0.3 is 0 Å². The molecule has 1 unspecified atom stereocenters. The van der Waals surface area contributed by atoms with Crippen LogP contribution in [0.2, 0.25) is 0 Å². The minimum absolute atomic E-state index is 0.276. The van der Waals surface area contributed by atoms with E-state index in [1.54, 1.807) is 0 Å². The van der Waals surface area contributed by atoms with Crippen LogP contribution in [0.15, 0.2) is 36.4 Å². The monoisotopic (exact) mass is 344 g/mol. The molecule has 1 heteroatoms. The summed E-state index contributed by atoms with van der Waals surface area (Å²) in [4.78, 5) is 0.276. The molecule has 0 amide bonds. The first kappa shape index (κ1) is 16.3. The van der Waals surface area contributed by atoms with E-state index in [9.17, 15) is 0 Å². The SMILES string of the molecule is CCCCc1ccc(C(Br)c2c(C)cc(C)cc2C)cc1. The molecule has 21 heavy (non-hydrogen) atoms. The Labute approximate surface area is 137 Å².